The minimum Gasteiger partial charge on any atom is -0.294 e. The summed E-state index contributed by atoms with van der Waals surface area (Å²) in [4.78, 5) is 12.1. The molecule has 19 heavy (non-hydrogen) atoms. The monoisotopic (exact) mass is 276 g/mol. The molecule has 0 bridgehead atoms. The quantitative estimate of drug-likeness (QED) is 0.554. The van der Waals surface area contributed by atoms with Crippen LogP contribution in [0.15, 0.2) is 18.2 Å². The second-order valence-corrected chi connectivity index (χ2v) is 4.45. The molecule has 106 valence electrons. The van der Waals surface area contributed by atoms with E-state index >= 15 is 0 Å². The van der Waals surface area contributed by atoms with Gasteiger partial charge in [0, 0.05) is 5.92 Å². The van der Waals surface area contributed by atoms with Crippen LogP contribution in [0.2, 0.25) is 0 Å². The molecule has 1 atom stereocenters. The van der Waals surface area contributed by atoms with Crippen molar-refractivity contribution in [1.82, 2.24) is 0 Å². The first-order valence-electron chi connectivity index (χ1n) is 6.22. The molecular formula is C14H16F4O. The first-order chi connectivity index (χ1) is 8.81. The van der Waals surface area contributed by atoms with Gasteiger partial charge in [0.2, 0.25) is 0 Å². The van der Waals surface area contributed by atoms with Gasteiger partial charge in [-0.3, -0.25) is 4.79 Å². The summed E-state index contributed by atoms with van der Waals surface area (Å²) in [5, 5.41) is 0. The van der Waals surface area contributed by atoms with E-state index in [0.29, 0.717) is 31.0 Å². The van der Waals surface area contributed by atoms with Gasteiger partial charge in [0.15, 0.2) is 5.78 Å². The summed E-state index contributed by atoms with van der Waals surface area (Å²) in [5.41, 5.74) is -1.46. The number of rotatable bonds is 5. The third kappa shape index (κ3) is 3.78. The maximum atomic E-state index is 13.6. The molecule has 0 aliphatic rings. The predicted molar refractivity (Wildman–Crippen MR) is 64.4 cm³/mol. The van der Waals surface area contributed by atoms with E-state index in [4.69, 9.17) is 0 Å². The lowest BCUT2D eigenvalue weighted by atomic mass is 9.90. The Labute approximate surface area is 109 Å². The van der Waals surface area contributed by atoms with Gasteiger partial charge in [0.1, 0.15) is 5.82 Å². The Balaban J connectivity index is 3.15. The normalized spacial score (nSPS) is 13.4. The highest BCUT2D eigenvalue weighted by Gasteiger charge is 2.32. The molecule has 1 nitrogen and oxygen atoms in total. The molecule has 0 amide bonds. The van der Waals surface area contributed by atoms with E-state index in [-0.39, 0.29) is 0 Å². The van der Waals surface area contributed by atoms with E-state index < -0.39 is 34.8 Å². The zero-order chi connectivity index (χ0) is 14.6. The van der Waals surface area contributed by atoms with Crippen LogP contribution >= 0.6 is 0 Å². The maximum Gasteiger partial charge on any atom is 0.416 e. The Kier molecular flexibility index (Phi) is 5.09. The standard InChI is InChI=1S/C14H16F4O/c1-3-5-9(4-2)13(19)11-8-10(14(16,17)18)6-7-12(11)15/h6-9H,3-5H2,1-2H3. The maximum absolute atomic E-state index is 13.6. The number of halogens is 4. The third-order valence-corrected chi connectivity index (χ3v) is 3.06. The number of carbonyl (C=O) groups is 1. The molecule has 0 saturated heterocycles. The highest BCUT2D eigenvalue weighted by atomic mass is 19.4. The molecule has 0 heterocycles. The molecular weight excluding hydrogens is 260 g/mol. The van der Waals surface area contributed by atoms with Crippen molar-refractivity contribution in [3.63, 3.8) is 0 Å². The van der Waals surface area contributed by atoms with E-state index in [1.165, 1.54) is 0 Å². The van der Waals surface area contributed by atoms with Crippen molar-refractivity contribution in [1.29, 1.82) is 0 Å². The van der Waals surface area contributed by atoms with E-state index in [1.54, 1.807) is 6.92 Å². The summed E-state index contributed by atoms with van der Waals surface area (Å²) < 4.78 is 51.2. The van der Waals surface area contributed by atoms with Crippen LogP contribution in [0, 0.1) is 11.7 Å². The van der Waals surface area contributed by atoms with Gasteiger partial charge in [-0.15, -0.1) is 0 Å². The summed E-state index contributed by atoms with van der Waals surface area (Å²) in [6, 6.07) is 1.96. The summed E-state index contributed by atoms with van der Waals surface area (Å²) in [6.45, 7) is 3.64. The summed E-state index contributed by atoms with van der Waals surface area (Å²) in [6.07, 6.45) is -2.81. The highest BCUT2D eigenvalue weighted by Crippen LogP contribution is 2.31. The van der Waals surface area contributed by atoms with Crippen LogP contribution in [-0.2, 0) is 6.18 Å². The third-order valence-electron chi connectivity index (χ3n) is 3.06. The fraction of sp³-hybridized carbons (Fsp3) is 0.500. The first-order valence-corrected chi connectivity index (χ1v) is 6.22. The molecule has 0 N–H and O–H groups in total. The lowest BCUT2D eigenvalue weighted by Crippen LogP contribution is -2.17. The van der Waals surface area contributed by atoms with Gasteiger partial charge in [0.05, 0.1) is 11.1 Å². The van der Waals surface area contributed by atoms with E-state index in [1.807, 2.05) is 6.92 Å². The van der Waals surface area contributed by atoms with Crippen LogP contribution in [0.3, 0.4) is 0 Å². The van der Waals surface area contributed by atoms with Gasteiger partial charge in [-0.25, -0.2) is 4.39 Å². The van der Waals surface area contributed by atoms with Crippen LogP contribution < -0.4 is 0 Å². The number of hydrogen-bond acceptors (Lipinski definition) is 1. The molecule has 5 heteroatoms. The molecule has 1 unspecified atom stereocenters. The number of ketones is 1. The predicted octanol–water partition coefficient (Wildman–Crippen LogP) is 4.85. The summed E-state index contributed by atoms with van der Waals surface area (Å²) >= 11 is 0. The number of Topliss-reactive ketones (excluding diaryl/α,β-unsaturated/α-hetero) is 1. The molecule has 0 aromatic heterocycles. The van der Waals surface area contributed by atoms with Gasteiger partial charge < -0.3 is 0 Å². The van der Waals surface area contributed by atoms with Crippen LogP contribution in [-0.4, -0.2) is 5.78 Å². The Bertz CT molecular complexity index is 451. The molecule has 0 saturated carbocycles. The van der Waals surface area contributed by atoms with Crippen LogP contribution in [0.5, 0.6) is 0 Å². The lowest BCUT2D eigenvalue weighted by Gasteiger charge is -2.14. The lowest BCUT2D eigenvalue weighted by molar-refractivity contribution is -0.137. The van der Waals surface area contributed by atoms with Crippen molar-refractivity contribution in [2.75, 3.05) is 0 Å². The SMILES string of the molecule is CCCC(CC)C(=O)c1cc(C(F)(F)F)ccc1F. The summed E-state index contributed by atoms with van der Waals surface area (Å²) in [7, 11) is 0. The number of hydrogen-bond donors (Lipinski definition) is 0. The molecule has 0 radical (unpaired) electrons. The van der Waals surface area contributed by atoms with Gasteiger partial charge in [-0.1, -0.05) is 20.3 Å². The number of alkyl halides is 3. The Morgan fingerprint density at radius 2 is 1.89 bits per heavy atom. The smallest absolute Gasteiger partial charge is 0.294 e. The van der Waals surface area contributed by atoms with Crippen LogP contribution in [0.4, 0.5) is 17.6 Å². The highest BCUT2D eigenvalue weighted by molar-refractivity contribution is 5.98. The van der Waals surface area contributed by atoms with Crippen molar-refractivity contribution >= 4 is 5.78 Å². The molecule has 1 aromatic rings. The molecule has 1 rings (SSSR count). The largest absolute Gasteiger partial charge is 0.416 e. The fourth-order valence-electron chi connectivity index (χ4n) is 1.98. The van der Waals surface area contributed by atoms with Crippen LogP contribution in [0.1, 0.15) is 49.0 Å². The molecule has 0 spiro atoms. The van der Waals surface area contributed by atoms with Gasteiger partial charge in [-0.05, 0) is 31.0 Å². The van der Waals surface area contributed by atoms with Crippen molar-refractivity contribution < 1.29 is 22.4 Å². The van der Waals surface area contributed by atoms with E-state index in [0.717, 1.165) is 6.42 Å². The molecule has 1 aromatic carbocycles. The van der Waals surface area contributed by atoms with Crippen molar-refractivity contribution in [2.45, 2.75) is 39.3 Å². The van der Waals surface area contributed by atoms with Gasteiger partial charge in [-0.2, -0.15) is 13.2 Å². The zero-order valence-corrected chi connectivity index (χ0v) is 10.9. The minimum absolute atomic E-state index is 0.428. The zero-order valence-electron chi connectivity index (χ0n) is 10.9. The fourth-order valence-corrected chi connectivity index (χ4v) is 1.98. The van der Waals surface area contributed by atoms with E-state index in [9.17, 15) is 22.4 Å². The second kappa shape index (κ2) is 6.17. The first kappa shape index (κ1) is 15.7. The number of carbonyl (C=O) groups excluding carboxylic acids is 1. The number of benzene rings is 1. The van der Waals surface area contributed by atoms with Crippen molar-refractivity contribution in [2.24, 2.45) is 5.92 Å². The summed E-state index contributed by atoms with van der Waals surface area (Å²) in [5.74, 6) is -1.87. The van der Waals surface area contributed by atoms with E-state index in [2.05, 4.69) is 0 Å². The molecule has 0 aliphatic heterocycles. The molecule has 0 aliphatic carbocycles. The average molecular weight is 276 g/mol. The van der Waals surface area contributed by atoms with Crippen molar-refractivity contribution in [3.05, 3.63) is 35.1 Å². The Morgan fingerprint density at radius 1 is 1.26 bits per heavy atom. The van der Waals surface area contributed by atoms with Crippen molar-refractivity contribution in [3.8, 4) is 0 Å². The topological polar surface area (TPSA) is 17.1 Å². The minimum atomic E-state index is -4.57. The Morgan fingerprint density at radius 3 is 2.37 bits per heavy atom. The Hall–Kier alpha value is -1.39. The second-order valence-electron chi connectivity index (χ2n) is 4.45. The average Bonchev–Trinajstić information content (AvgIpc) is 2.34. The van der Waals surface area contributed by atoms with Crippen LogP contribution in [0.25, 0.3) is 0 Å². The van der Waals surface area contributed by atoms with Gasteiger partial charge >= 0.3 is 6.18 Å². The van der Waals surface area contributed by atoms with Gasteiger partial charge in [0.25, 0.3) is 0 Å². The molecule has 0 fully saturated rings.